The van der Waals surface area contributed by atoms with Crippen molar-refractivity contribution in [3.8, 4) is 0 Å². The highest BCUT2D eigenvalue weighted by Gasteiger charge is 2.28. The zero-order chi connectivity index (χ0) is 45.0. The number of aliphatic hydroxyl groups excluding tert-OH is 1. The molecule has 22 heteroatoms. The average molecular weight is 893 g/mol. The van der Waals surface area contributed by atoms with Crippen LogP contribution in [-0.4, -0.2) is 146 Å². The van der Waals surface area contributed by atoms with Crippen LogP contribution in [0.5, 0.6) is 0 Å². The highest BCUT2D eigenvalue weighted by molar-refractivity contribution is 7.81. The Hall–Kier alpha value is -4.68. The van der Waals surface area contributed by atoms with Crippen LogP contribution in [0, 0.1) is 11.8 Å². The molecule has 0 amide bonds. The highest BCUT2D eigenvalue weighted by Crippen LogP contribution is 2.22. The van der Waals surface area contributed by atoms with E-state index in [4.69, 9.17) is 47.7 Å². The first-order chi connectivity index (χ1) is 28.6. The number of hydrogen-bond acceptors (Lipinski definition) is 19. The maximum absolute atomic E-state index is 12.1. The molecule has 0 aliphatic carbocycles. The zero-order valence-electron chi connectivity index (χ0n) is 34.1. The Bertz CT molecular complexity index is 1690. The van der Waals surface area contributed by atoms with Crippen molar-refractivity contribution in [3.63, 3.8) is 0 Å². The summed E-state index contributed by atoms with van der Waals surface area (Å²) < 4.78 is 80.4. The third kappa shape index (κ3) is 20.5. The number of aliphatic hydroxyl groups is 1. The molecule has 0 radical (unpaired) electrons. The van der Waals surface area contributed by atoms with Crippen LogP contribution in [0.25, 0.3) is 0 Å². The summed E-state index contributed by atoms with van der Waals surface area (Å²) in [5, 5.41) is 8.76. The molecule has 60 heavy (non-hydrogen) atoms. The van der Waals surface area contributed by atoms with E-state index in [1.807, 2.05) is 0 Å². The second-order valence-electron chi connectivity index (χ2n) is 12.1. The molecule has 6 atom stereocenters. The fourth-order valence-corrected chi connectivity index (χ4v) is 5.32. The van der Waals surface area contributed by atoms with Crippen LogP contribution in [0.3, 0.4) is 0 Å². The van der Waals surface area contributed by atoms with Gasteiger partial charge in [0.2, 0.25) is 11.1 Å². The fourth-order valence-electron chi connectivity index (χ4n) is 3.95. The second kappa shape index (κ2) is 30.4. The lowest BCUT2D eigenvalue weighted by atomic mass is 10.2. The minimum absolute atomic E-state index is 0.00322. The van der Waals surface area contributed by atoms with Crippen LogP contribution in [-0.2, 0) is 88.2 Å². The Morgan fingerprint density at radius 1 is 0.683 bits per heavy atom. The Kier molecular flexibility index (Phi) is 27.0. The van der Waals surface area contributed by atoms with Gasteiger partial charge in [-0.1, -0.05) is 24.3 Å². The summed E-state index contributed by atoms with van der Waals surface area (Å²) in [6.45, 7) is 7.28. The summed E-state index contributed by atoms with van der Waals surface area (Å²) in [5.74, 6) is -5.66. The van der Waals surface area contributed by atoms with Gasteiger partial charge in [-0.2, -0.15) is 0 Å². The number of fused-ring (bicyclic) bond motifs is 1. The largest absolute Gasteiger partial charge is 0.461 e. The topological polar surface area (TPSA) is 269 Å². The Morgan fingerprint density at radius 2 is 1.17 bits per heavy atom. The molecule has 2 aromatic rings. The van der Waals surface area contributed by atoms with Crippen molar-refractivity contribution in [2.45, 2.75) is 49.7 Å². The molecule has 1 aliphatic heterocycles. The van der Waals surface area contributed by atoms with E-state index in [9.17, 15) is 41.7 Å². The molecule has 1 aliphatic rings. The molecule has 1 heterocycles. The normalized spacial score (nSPS) is 15.1. The van der Waals surface area contributed by atoms with Gasteiger partial charge in [0.15, 0.2) is 23.3 Å². The van der Waals surface area contributed by atoms with Gasteiger partial charge in [-0.25, -0.2) is 27.6 Å². The van der Waals surface area contributed by atoms with Crippen molar-refractivity contribution in [2.24, 2.45) is 11.8 Å². The van der Waals surface area contributed by atoms with Gasteiger partial charge in [-0.3, -0.25) is 9.59 Å². The van der Waals surface area contributed by atoms with E-state index in [0.29, 0.717) is 36.9 Å². The average Bonchev–Trinajstić information content (AvgIpc) is 3.54. The Labute approximate surface area is 352 Å². The molecule has 0 spiro atoms. The van der Waals surface area contributed by atoms with E-state index in [2.05, 4.69) is 4.18 Å². The second-order valence-corrected chi connectivity index (χ2v) is 14.1. The Morgan fingerprint density at radius 3 is 1.67 bits per heavy atom. The van der Waals surface area contributed by atoms with Crippen molar-refractivity contribution in [1.82, 2.24) is 0 Å². The van der Waals surface area contributed by atoms with Crippen LogP contribution in [0.2, 0.25) is 0 Å². The van der Waals surface area contributed by atoms with E-state index in [1.54, 1.807) is 31.4 Å². The summed E-state index contributed by atoms with van der Waals surface area (Å²) in [6.07, 6.45) is -2.15. The third-order valence-corrected chi connectivity index (χ3v) is 9.08. The van der Waals surface area contributed by atoms with Gasteiger partial charge in [0, 0.05) is 14.2 Å². The maximum atomic E-state index is 12.1. The van der Waals surface area contributed by atoms with E-state index in [1.165, 1.54) is 59.1 Å². The molecular formula is C38H52O20S2. The number of methoxy groups -OCH3 is 2. The van der Waals surface area contributed by atoms with E-state index in [-0.39, 0.29) is 50.1 Å². The molecule has 20 nitrogen and oxygen atoms in total. The van der Waals surface area contributed by atoms with Crippen molar-refractivity contribution in [3.05, 3.63) is 59.7 Å². The summed E-state index contributed by atoms with van der Waals surface area (Å²) in [6, 6.07) is 12.3. The summed E-state index contributed by atoms with van der Waals surface area (Å²) in [4.78, 5) is 70.0. The first-order valence-electron chi connectivity index (χ1n) is 18.2. The number of benzene rings is 2. The first kappa shape index (κ1) is 53.3. The predicted octanol–water partition coefficient (Wildman–Crippen LogP) is 1.83. The number of rotatable bonds is 23. The predicted molar refractivity (Wildman–Crippen MR) is 208 cm³/mol. The minimum Gasteiger partial charge on any atom is -0.461 e. The lowest BCUT2D eigenvalue weighted by molar-refractivity contribution is -0.170. The van der Waals surface area contributed by atoms with Crippen molar-refractivity contribution in [2.75, 3.05) is 80.3 Å². The monoisotopic (exact) mass is 892 g/mol. The first-order valence-corrected chi connectivity index (χ1v) is 20.4. The molecule has 0 fully saturated rings. The number of esters is 5. The molecule has 0 aromatic heterocycles. The molecule has 6 unspecified atom stereocenters. The molecule has 0 bridgehead atoms. The molecule has 2 aromatic carbocycles. The van der Waals surface area contributed by atoms with Crippen LogP contribution < -0.4 is 0 Å². The van der Waals surface area contributed by atoms with Gasteiger partial charge in [0.05, 0.1) is 79.0 Å². The number of carbonyl (C=O) groups is 6. The van der Waals surface area contributed by atoms with Crippen molar-refractivity contribution >= 4 is 58.0 Å². The number of carbonyl (C=O) groups excluding carboxylic acids is 6. The Balaban J connectivity index is 0.000000505. The van der Waals surface area contributed by atoms with Gasteiger partial charge in [-0.05, 0) is 52.0 Å². The fraction of sp³-hybridized carbons (Fsp3) is 0.526. The number of ether oxygens (including phenoxy) is 9. The summed E-state index contributed by atoms with van der Waals surface area (Å²) in [5.41, 5.74) is 0.328. The van der Waals surface area contributed by atoms with Crippen LogP contribution in [0.4, 0.5) is 0 Å². The smallest absolute Gasteiger partial charge is 0.353 e. The van der Waals surface area contributed by atoms with E-state index < -0.39 is 82.0 Å². The summed E-state index contributed by atoms with van der Waals surface area (Å²) >= 11 is -3.94. The van der Waals surface area contributed by atoms with Crippen LogP contribution in [0.15, 0.2) is 58.3 Å². The summed E-state index contributed by atoms with van der Waals surface area (Å²) in [7, 11) is 3.10. The molecule has 3 rings (SSSR count). The molecule has 0 saturated carbocycles. The van der Waals surface area contributed by atoms with Crippen LogP contribution >= 0.6 is 0 Å². The quantitative estimate of drug-likeness (QED) is 0.0697. The van der Waals surface area contributed by atoms with Gasteiger partial charge >= 0.3 is 35.8 Å². The maximum Gasteiger partial charge on any atom is 0.353 e. The van der Waals surface area contributed by atoms with E-state index >= 15 is 0 Å². The van der Waals surface area contributed by atoms with Crippen molar-refractivity contribution < 1.29 is 93.7 Å². The van der Waals surface area contributed by atoms with Gasteiger partial charge in [0.25, 0.3) is 0 Å². The lowest BCUT2D eigenvalue weighted by Gasteiger charge is -2.16. The van der Waals surface area contributed by atoms with Crippen LogP contribution in [0.1, 0.15) is 48.4 Å². The zero-order valence-corrected chi connectivity index (χ0v) is 35.7. The van der Waals surface area contributed by atoms with Gasteiger partial charge in [-0.15, -0.1) is 0 Å². The molecule has 336 valence electrons. The lowest BCUT2D eigenvalue weighted by Crippen LogP contribution is -2.31. The molecule has 0 saturated heterocycles. The van der Waals surface area contributed by atoms with Crippen molar-refractivity contribution in [1.29, 1.82) is 0 Å². The molecular weight excluding hydrogens is 841 g/mol. The minimum atomic E-state index is -2.36. The number of hydrogen-bond donors (Lipinski definition) is 2. The van der Waals surface area contributed by atoms with E-state index in [0.717, 1.165) is 0 Å². The van der Waals surface area contributed by atoms with Gasteiger partial charge < -0.3 is 56.5 Å². The molecule has 2 N–H and O–H groups in total. The third-order valence-electron chi connectivity index (χ3n) is 7.33. The SMILES string of the molecule is COCCOCCOC(=O)C(C)OC(=O)C(C)CO.COCCOCCOC(=O)C(C)OC(=O)C(C)COC(=O)c1ccccc1S(=O)O.O=C1OS(=O)c2ccccc21. The van der Waals surface area contributed by atoms with Gasteiger partial charge in [0.1, 0.15) is 19.8 Å². The highest BCUT2D eigenvalue weighted by atomic mass is 32.2. The standard InChI is InChI=1S/C19H26O10S.C12H22O7.C7H4O3S/c1-13(12-28-19(22)15-6-4-5-7-16(15)30(23)24)17(20)29-14(2)18(21)27-11-10-26-9-8-25-3;1-9(8-13)11(14)19-10(2)12(15)18-7-6-17-5-4-16-3;8-7-5-3-1-2-4-6(5)11(9)10-7/h4-7,13-14H,8-12H2,1-3H3,(H,23,24);9-10,13H,4-8H2,1-3H3;1-4H.